The molecule has 0 saturated carbocycles. The topological polar surface area (TPSA) is 97.4 Å². The van der Waals surface area contributed by atoms with E-state index >= 15 is 0 Å². The number of benzene rings is 1. The zero-order chi connectivity index (χ0) is 22.8. The smallest absolute Gasteiger partial charge is 0.251 e. The van der Waals surface area contributed by atoms with Crippen LogP contribution in [-0.2, 0) is 17.6 Å². The molecule has 2 heterocycles. The molecule has 6 nitrogen and oxygen atoms in total. The molecular formula is C22H17Cl2N3O3S2. The van der Waals surface area contributed by atoms with Crippen LogP contribution in [-0.4, -0.2) is 16.9 Å². The molecule has 1 aromatic carbocycles. The van der Waals surface area contributed by atoms with Crippen LogP contribution in [0.3, 0.4) is 0 Å². The number of anilines is 1. The molecule has 32 heavy (non-hydrogen) atoms. The van der Waals surface area contributed by atoms with Crippen LogP contribution in [0.25, 0.3) is 17.4 Å². The lowest BCUT2D eigenvalue weighted by atomic mass is 10.1. The van der Waals surface area contributed by atoms with Crippen molar-refractivity contribution in [2.45, 2.75) is 19.3 Å². The fraction of sp³-hybridized carbons (Fsp3) is 0.136. The molecule has 2 aromatic heterocycles. The third kappa shape index (κ3) is 4.73. The number of fused-ring (bicyclic) bond motifs is 1. The first-order valence-corrected chi connectivity index (χ1v) is 11.6. The van der Waals surface area contributed by atoms with Crippen molar-refractivity contribution >= 4 is 74.8 Å². The molecule has 1 aliphatic carbocycles. The Morgan fingerprint density at radius 2 is 2.00 bits per heavy atom. The van der Waals surface area contributed by atoms with Gasteiger partial charge in [-0.1, -0.05) is 29.3 Å². The fourth-order valence-corrected chi connectivity index (χ4v) is 5.44. The second kappa shape index (κ2) is 9.46. The first kappa shape index (κ1) is 22.5. The summed E-state index contributed by atoms with van der Waals surface area (Å²) in [6, 6.07) is 8.70. The number of nitrogens with one attached hydrogen (secondary N) is 2. The molecular weight excluding hydrogens is 489 g/mol. The minimum absolute atomic E-state index is 0.0768. The summed E-state index contributed by atoms with van der Waals surface area (Å²) in [5.41, 5.74) is 7.63. The van der Waals surface area contributed by atoms with Crippen LogP contribution in [0.15, 0.2) is 40.8 Å². The number of primary amides is 1. The van der Waals surface area contributed by atoms with Crippen LogP contribution in [0, 0.1) is 0 Å². The third-order valence-corrected chi connectivity index (χ3v) is 7.10. The van der Waals surface area contributed by atoms with Crippen LogP contribution in [0.2, 0.25) is 10.0 Å². The molecule has 0 bridgehead atoms. The molecule has 0 unspecified atom stereocenters. The Bertz CT molecular complexity index is 1260. The van der Waals surface area contributed by atoms with Crippen molar-refractivity contribution in [1.29, 1.82) is 0 Å². The maximum Gasteiger partial charge on any atom is 0.251 e. The van der Waals surface area contributed by atoms with Crippen LogP contribution in [0.1, 0.15) is 33.0 Å². The quantitative estimate of drug-likeness (QED) is 0.317. The Morgan fingerprint density at radius 1 is 1.19 bits per heavy atom. The number of thiophene rings is 1. The van der Waals surface area contributed by atoms with Gasteiger partial charge in [0.2, 0.25) is 5.91 Å². The van der Waals surface area contributed by atoms with Gasteiger partial charge in [0.05, 0.1) is 15.6 Å². The van der Waals surface area contributed by atoms with Crippen LogP contribution in [0.4, 0.5) is 5.00 Å². The average molecular weight is 506 g/mol. The number of carbonyl (C=O) groups is 2. The standard InChI is InChI=1S/C22H17Cl2N3O3S2/c23-14-5-1-3-12(19(14)24)15-9-7-11(30-15)8-10-17(28)26-22(31)27-21-18(20(25)29)13-4-2-6-16(13)32-21/h1,3,5,7-10H,2,4,6H2,(H2,25,29)(H2,26,27,28,31)/b10-8+. The predicted molar refractivity (Wildman–Crippen MR) is 132 cm³/mol. The molecule has 4 N–H and O–H groups in total. The van der Waals surface area contributed by atoms with Gasteiger partial charge in [0.25, 0.3) is 5.91 Å². The van der Waals surface area contributed by atoms with Crippen molar-refractivity contribution in [1.82, 2.24) is 5.32 Å². The molecule has 164 valence electrons. The van der Waals surface area contributed by atoms with E-state index in [1.54, 1.807) is 30.3 Å². The van der Waals surface area contributed by atoms with E-state index in [1.165, 1.54) is 23.5 Å². The Hall–Kier alpha value is -2.65. The number of amides is 2. The molecule has 0 fully saturated rings. The van der Waals surface area contributed by atoms with Crippen LogP contribution >= 0.6 is 46.8 Å². The van der Waals surface area contributed by atoms with Gasteiger partial charge in [0, 0.05) is 16.5 Å². The van der Waals surface area contributed by atoms with Gasteiger partial charge in [0.15, 0.2) is 5.11 Å². The zero-order valence-corrected chi connectivity index (χ0v) is 19.7. The summed E-state index contributed by atoms with van der Waals surface area (Å²) < 4.78 is 5.73. The van der Waals surface area contributed by atoms with Crippen LogP contribution < -0.4 is 16.4 Å². The van der Waals surface area contributed by atoms with Gasteiger partial charge in [-0.25, -0.2) is 0 Å². The fourth-order valence-electron chi connectivity index (χ4n) is 3.48. The molecule has 1 aliphatic rings. The van der Waals surface area contributed by atoms with Crippen molar-refractivity contribution < 1.29 is 14.0 Å². The highest BCUT2D eigenvalue weighted by Gasteiger charge is 2.25. The highest BCUT2D eigenvalue weighted by molar-refractivity contribution is 7.80. The summed E-state index contributed by atoms with van der Waals surface area (Å²) in [4.78, 5) is 25.3. The summed E-state index contributed by atoms with van der Waals surface area (Å²) >= 11 is 18.9. The molecule has 0 saturated heterocycles. The second-order valence-corrected chi connectivity index (χ2v) is 9.30. The Morgan fingerprint density at radius 3 is 2.78 bits per heavy atom. The summed E-state index contributed by atoms with van der Waals surface area (Å²) in [6.07, 6.45) is 5.54. The van der Waals surface area contributed by atoms with Crippen LogP contribution in [0.5, 0.6) is 0 Å². The minimum atomic E-state index is -0.505. The number of furan rings is 1. The second-order valence-electron chi connectivity index (χ2n) is 7.01. The molecule has 2 amide bonds. The average Bonchev–Trinajstić information content (AvgIpc) is 3.44. The summed E-state index contributed by atoms with van der Waals surface area (Å²) in [6.45, 7) is 0. The highest BCUT2D eigenvalue weighted by Crippen LogP contribution is 2.39. The van der Waals surface area contributed by atoms with Crippen molar-refractivity contribution in [3.05, 3.63) is 68.2 Å². The van der Waals surface area contributed by atoms with Crippen molar-refractivity contribution in [2.24, 2.45) is 5.73 Å². The van der Waals surface area contributed by atoms with E-state index in [0.717, 1.165) is 29.7 Å². The lowest BCUT2D eigenvalue weighted by Crippen LogP contribution is -2.33. The van der Waals surface area contributed by atoms with Crippen molar-refractivity contribution in [3.8, 4) is 11.3 Å². The van der Waals surface area contributed by atoms with Gasteiger partial charge < -0.3 is 15.5 Å². The van der Waals surface area contributed by atoms with E-state index in [4.69, 9.17) is 45.6 Å². The van der Waals surface area contributed by atoms with Gasteiger partial charge in [-0.05, 0) is 67.4 Å². The normalized spacial score (nSPS) is 12.7. The van der Waals surface area contributed by atoms with Gasteiger partial charge in [0.1, 0.15) is 16.5 Å². The molecule has 0 aliphatic heterocycles. The molecule has 10 heteroatoms. The largest absolute Gasteiger partial charge is 0.457 e. The lowest BCUT2D eigenvalue weighted by molar-refractivity contribution is -0.115. The number of halogens is 2. The number of carbonyl (C=O) groups excluding carboxylic acids is 2. The maximum absolute atomic E-state index is 12.3. The van der Waals surface area contributed by atoms with E-state index in [9.17, 15) is 9.59 Å². The number of nitrogens with two attached hydrogens (primary N) is 1. The first-order valence-electron chi connectivity index (χ1n) is 9.62. The van der Waals surface area contributed by atoms with Gasteiger partial charge in [-0.2, -0.15) is 0 Å². The summed E-state index contributed by atoms with van der Waals surface area (Å²) in [5, 5.41) is 6.93. The molecule has 0 atom stereocenters. The monoisotopic (exact) mass is 505 g/mol. The lowest BCUT2D eigenvalue weighted by Gasteiger charge is -2.08. The van der Waals surface area contributed by atoms with E-state index in [0.29, 0.717) is 37.7 Å². The van der Waals surface area contributed by atoms with E-state index in [2.05, 4.69) is 10.6 Å². The van der Waals surface area contributed by atoms with E-state index in [-0.39, 0.29) is 5.11 Å². The number of rotatable bonds is 5. The van der Waals surface area contributed by atoms with E-state index < -0.39 is 11.8 Å². The number of aryl methyl sites for hydroxylation is 1. The van der Waals surface area contributed by atoms with Crippen molar-refractivity contribution in [3.63, 3.8) is 0 Å². The molecule has 4 rings (SSSR count). The highest BCUT2D eigenvalue weighted by atomic mass is 35.5. The Kier molecular flexibility index (Phi) is 6.66. The Labute approximate surface area is 203 Å². The summed E-state index contributed by atoms with van der Waals surface area (Å²) in [5.74, 6) is 0.0237. The van der Waals surface area contributed by atoms with Gasteiger partial charge in [-0.15, -0.1) is 11.3 Å². The van der Waals surface area contributed by atoms with Gasteiger partial charge >= 0.3 is 0 Å². The SMILES string of the molecule is NC(=O)c1c(NC(=S)NC(=O)/C=C/c2ccc(-c3cccc(Cl)c3Cl)o2)sc2c1CCC2. The maximum atomic E-state index is 12.3. The first-order chi connectivity index (χ1) is 15.3. The molecule has 3 aromatic rings. The number of hydrogen-bond acceptors (Lipinski definition) is 5. The summed E-state index contributed by atoms with van der Waals surface area (Å²) in [7, 11) is 0. The zero-order valence-electron chi connectivity index (χ0n) is 16.5. The van der Waals surface area contributed by atoms with E-state index in [1.807, 2.05) is 0 Å². The predicted octanol–water partition coefficient (Wildman–Crippen LogP) is 5.43. The third-order valence-electron chi connectivity index (χ3n) is 4.87. The minimum Gasteiger partial charge on any atom is -0.457 e. The molecule has 0 radical (unpaired) electrons. The van der Waals surface area contributed by atoms with Gasteiger partial charge in [-0.3, -0.25) is 14.9 Å². The number of thiocarbonyl (C=S) groups is 1. The number of hydrogen-bond donors (Lipinski definition) is 3. The van der Waals surface area contributed by atoms with Crippen molar-refractivity contribution in [2.75, 3.05) is 5.32 Å². The Balaban J connectivity index is 1.39. The molecule has 0 spiro atoms.